The van der Waals surface area contributed by atoms with Gasteiger partial charge in [-0.1, -0.05) is 18.2 Å². The van der Waals surface area contributed by atoms with Crippen LogP contribution in [-0.2, 0) is 32.4 Å². The van der Waals surface area contributed by atoms with Crippen LogP contribution < -0.4 is 0 Å². The predicted molar refractivity (Wildman–Crippen MR) is 95.4 cm³/mol. The molecule has 0 saturated carbocycles. The van der Waals surface area contributed by atoms with Crippen LogP contribution >= 0.6 is 0 Å². The molecule has 0 spiro atoms. The zero-order valence-electron chi connectivity index (χ0n) is 14.2. The van der Waals surface area contributed by atoms with Gasteiger partial charge in [-0.25, -0.2) is 14.6 Å². The van der Waals surface area contributed by atoms with Gasteiger partial charge in [-0.3, -0.25) is 4.90 Å². The highest BCUT2D eigenvalue weighted by Crippen LogP contribution is 2.29. The second-order valence-corrected chi connectivity index (χ2v) is 6.93. The molecule has 5 nitrogen and oxygen atoms in total. The Morgan fingerprint density at radius 2 is 1.96 bits per heavy atom. The second-order valence-electron chi connectivity index (χ2n) is 6.93. The minimum absolute atomic E-state index is 0.894. The van der Waals surface area contributed by atoms with Crippen molar-refractivity contribution in [2.24, 2.45) is 0 Å². The van der Waals surface area contributed by atoms with Gasteiger partial charge < -0.3 is 0 Å². The molecule has 2 aromatic heterocycles. The molecule has 2 aliphatic rings. The first-order chi connectivity index (χ1) is 12.4. The number of rotatable bonds is 3. The lowest BCUT2D eigenvalue weighted by atomic mass is 10.1. The lowest BCUT2D eigenvalue weighted by Gasteiger charge is -2.27. The minimum atomic E-state index is 0.894. The lowest BCUT2D eigenvalue weighted by molar-refractivity contribution is 0.237. The van der Waals surface area contributed by atoms with E-state index in [9.17, 15) is 0 Å². The van der Waals surface area contributed by atoms with E-state index >= 15 is 0 Å². The summed E-state index contributed by atoms with van der Waals surface area (Å²) in [5, 5.41) is 4.99. The van der Waals surface area contributed by atoms with E-state index in [1.165, 1.54) is 40.3 Å². The summed E-state index contributed by atoms with van der Waals surface area (Å²) in [5.41, 5.74) is 7.75. The summed E-state index contributed by atoms with van der Waals surface area (Å²) in [6.45, 7) is 2.85. The van der Waals surface area contributed by atoms with Crippen molar-refractivity contribution in [3.63, 3.8) is 0 Å². The topological polar surface area (TPSA) is 46.8 Å². The van der Waals surface area contributed by atoms with Gasteiger partial charge in [-0.15, -0.1) is 0 Å². The average Bonchev–Trinajstić information content (AvgIpc) is 3.26. The number of para-hydroxylation sites is 1. The highest BCUT2D eigenvalue weighted by Gasteiger charge is 2.25. The third kappa shape index (κ3) is 2.65. The van der Waals surface area contributed by atoms with Gasteiger partial charge in [0, 0.05) is 31.5 Å². The maximum Gasteiger partial charge on any atom is 0.115 e. The Labute approximate surface area is 147 Å². The van der Waals surface area contributed by atoms with Gasteiger partial charge in [0.15, 0.2) is 0 Å². The number of fused-ring (bicyclic) bond motifs is 2. The third-order valence-electron chi connectivity index (χ3n) is 5.34. The van der Waals surface area contributed by atoms with E-state index in [4.69, 9.17) is 5.10 Å². The Kier molecular flexibility index (Phi) is 3.59. The Hall–Kier alpha value is -2.53. The summed E-state index contributed by atoms with van der Waals surface area (Å²) in [6.07, 6.45) is 8.17. The van der Waals surface area contributed by atoms with Crippen molar-refractivity contribution in [3.05, 3.63) is 71.1 Å². The molecule has 0 amide bonds. The van der Waals surface area contributed by atoms with E-state index < -0.39 is 0 Å². The molecule has 0 fully saturated rings. The Bertz CT molecular complexity index is 900. The lowest BCUT2D eigenvalue weighted by Crippen LogP contribution is -2.31. The maximum absolute atomic E-state index is 4.99. The normalized spacial score (nSPS) is 16.6. The minimum Gasteiger partial charge on any atom is -0.291 e. The van der Waals surface area contributed by atoms with Gasteiger partial charge in [0.1, 0.15) is 6.33 Å². The molecule has 0 radical (unpaired) electrons. The molecule has 0 bridgehead atoms. The van der Waals surface area contributed by atoms with Crippen molar-refractivity contribution in [3.8, 4) is 5.69 Å². The van der Waals surface area contributed by atoms with Crippen LogP contribution in [0.1, 0.15) is 34.6 Å². The summed E-state index contributed by atoms with van der Waals surface area (Å²) in [5.74, 6) is 0. The summed E-state index contributed by atoms with van der Waals surface area (Å²) in [6, 6.07) is 10.5. The van der Waals surface area contributed by atoms with Crippen molar-refractivity contribution in [1.29, 1.82) is 0 Å². The molecule has 3 heterocycles. The molecule has 1 aromatic carbocycles. The molecule has 3 aromatic rings. The SMILES string of the molecule is c1ccc(-n2nc(CN3CCc4cncnc4C3)c3c2CCC3)cc1. The van der Waals surface area contributed by atoms with Gasteiger partial charge >= 0.3 is 0 Å². The largest absolute Gasteiger partial charge is 0.291 e. The van der Waals surface area contributed by atoms with E-state index in [1.807, 2.05) is 6.20 Å². The quantitative estimate of drug-likeness (QED) is 0.740. The molecule has 0 saturated heterocycles. The van der Waals surface area contributed by atoms with Crippen LogP contribution in [0.2, 0.25) is 0 Å². The van der Waals surface area contributed by atoms with E-state index in [0.29, 0.717) is 0 Å². The number of hydrogen-bond donors (Lipinski definition) is 0. The van der Waals surface area contributed by atoms with Crippen LogP contribution in [0.4, 0.5) is 0 Å². The standard InChI is InChI=1S/C20H21N5/c1-2-5-16(6-3-1)25-20-8-4-7-17(20)19(23-25)13-24-10-9-15-11-21-14-22-18(15)12-24/h1-3,5-6,11,14H,4,7-10,12-13H2. The molecule has 0 atom stereocenters. The van der Waals surface area contributed by atoms with E-state index in [2.05, 4.69) is 49.9 Å². The Morgan fingerprint density at radius 1 is 1.04 bits per heavy atom. The molecule has 0 N–H and O–H groups in total. The molecule has 5 heteroatoms. The molecule has 1 aliphatic carbocycles. The van der Waals surface area contributed by atoms with Crippen LogP contribution in [-0.4, -0.2) is 31.2 Å². The van der Waals surface area contributed by atoms with Crippen molar-refractivity contribution < 1.29 is 0 Å². The first kappa shape index (κ1) is 14.8. The van der Waals surface area contributed by atoms with Gasteiger partial charge in [-0.2, -0.15) is 5.10 Å². The van der Waals surface area contributed by atoms with Crippen LogP contribution in [0.3, 0.4) is 0 Å². The van der Waals surface area contributed by atoms with E-state index in [1.54, 1.807) is 6.33 Å². The highest BCUT2D eigenvalue weighted by atomic mass is 15.3. The van der Waals surface area contributed by atoms with Crippen LogP contribution in [0.15, 0.2) is 42.9 Å². The summed E-state index contributed by atoms with van der Waals surface area (Å²) in [7, 11) is 0. The monoisotopic (exact) mass is 331 g/mol. The van der Waals surface area contributed by atoms with Gasteiger partial charge in [0.25, 0.3) is 0 Å². The van der Waals surface area contributed by atoms with Gasteiger partial charge in [-0.05, 0) is 48.9 Å². The molecule has 0 unspecified atom stereocenters. The first-order valence-corrected chi connectivity index (χ1v) is 9.03. The average molecular weight is 331 g/mol. The van der Waals surface area contributed by atoms with E-state index in [-0.39, 0.29) is 0 Å². The first-order valence-electron chi connectivity index (χ1n) is 9.03. The van der Waals surface area contributed by atoms with Crippen LogP contribution in [0.5, 0.6) is 0 Å². The molecule has 126 valence electrons. The van der Waals surface area contributed by atoms with Crippen molar-refractivity contribution in [2.75, 3.05) is 6.54 Å². The maximum atomic E-state index is 4.99. The number of nitrogens with zero attached hydrogens (tertiary/aromatic N) is 5. The zero-order valence-corrected chi connectivity index (χ0v) is 14.2. The van der Waals surface area contributed by atoms with Crippen molar-refractivity contribution in [1.82, 2.24) is 24.6 Å². The van der Waals surface area contributed by atoms with Gasteiger partial charge in [0.05, 0.1) is 17.1 Å². The van der Waals surface area contributed by atoms with Gasteiger partial charge in [0.2, 0.25) is 0 Å². The fourth-order valence-electron chi connectivity index (χ4n) is 4.07. The smallest absolute Gasteiger partial charge is 0.115 e. The van der Waals surface area contributed by atoms with E-state index in [0.717, 1.165) is 38.9 Å². The summed E-state index contributed by atoms with van der Waals surface area (Å²) >= 11 is 0. The third-order valence-corrected chi connectivity index (χ3v) is 5.34. The fourth-order valence-corrected chi connectivity index (χ4v) is 4.07. The predicted octanol–water partition coefficient (Wildman–Crippen LogP) is 2.71. The second kappa shape index (κ2) is 6.08. The zero-order chi connectivity index (χ0) is 16.6. The Balaban J connectivity index is 1.44. The number of hydrogen-bond acceptors (Lipinski definition) is 4. The molecular formula is C20H21N5. The molecule has 1 aliphatic heterocycles. The Morgan fingerprint density at radius 3 is 2.88 bits per heavy atom. The summed E-state index contributed by atoms with van der Waals surface area (Å²) < 4.78 is 2.16. The molecular weight excluding hydrogens is 310 g/mol. The summed E-state index contributed by atoms with van der Waals surface area (Å²) in [4.78, 5) is 11.1. The van der Waals surface area contributed by atoms with Crippen molar-refractivity contribution >= 4 is 0 Å². The fraction of sp³-hybridized carbons (Fsp3) is 0.350. The number of aromatic nitrogens is 4. The van der Waals surface area contributed by atoms with Crippen molar-refractivity contribution in [2.45, 2.75) is 38.8 Å². The molecule has 25 heavy (non-hydrogen) atoms. The van der Waals surface area contributed by atoms with Crippen LogP contribution in [0.25, 0.3) is 5.69 Å². The van der Waals surface area contributed by atoms with Crippen LogP contribution in [0, 0.1) is 0 Å². The number of benzene rings is 1. The molecule has 5 rings (SSSR count). The highest BCUT2D eigenvalue weighted by molar-refractivity contribution is 5.40.